The SMILES string of the molecule is CCc1ccc2c(c1)C(=NOC)CCCC2. The molecular formula is C14H19NO. The van der Waals surface area contributed by atoms with Gasteiger partial charge in [0.1, 0.15) is 7.11 Å². The van der Waals surface area contributed by atoms with E-state index in [1.54, 1.807) is 7.11 Å². The second-order valence-corrected chi connectivity index (χ2v) is 4.27. The van der Waals surface area contributed by atoms with Gasteiger partial charge in [0, 0.05) is 5.56 Å². The van der Waals surface area contributed by atoms with Crippen LogP contribution in [0, 0.1) is 0 Å². The Hall–Kier alpha value is -1.31. The van der Waals surface area contributed by atoms with Gasteiger partial charge < -0.3 is 4.84 Å². The Labute approximate surface area is 97.3 Å². The van der Waals surface area contributed by atoms with Gasteiger partial charge in [-0.05, 0) is 49.3 Å². The Morgan fingerprint density at radius 2 is 2.06 bits per heavy atom. The first-order valence-corrected chi connectivity index (χ1v) is 6.07. The van der Waals surface area contributed by atoms with Crippen LogP contribution in [0.15, 0.2) is 23.4 Å². The molecule has 1 aliphatic carbocycles. The second-order valence-electron chi connectivity index (χ2n) is 4.27. The molecule has 2 heteroatoms. The molecule has 16 heavy (non-hydrogen) atoms. The van der Waals surface area contributed by atoms with Gasteiger partial charge in [-0.15, -0.1) is 0 Å². The van der Waals surface area contributed by atoms with E-state index in [4.69, 9.17) is 4.84 Å². The minimum absolute atomic E-state index is 1.04. The summed E-state index contributed by atoms with van der Waals surface area (Å²) in [5.74, 6) is 0. The lowest BCUT2D eigenvalue weighted by atomic mass is 9.98. The number of nitrogens with zero attached hydrogens (tertiary/aromatic N) is 1. The van der Waals surface area contributed by atoms with Crippen molar-refractivity contribution in [2.75, 3.05) is 7.11 Å². The number of fused-ring (bicyclic) bond motifs is 1. The van der Waals surface area contributed by atoms with Gasteiger partial charge in [-0.1, -0.05) is 24.2 Å². The molecule has 0 saturated heterocycles. The molecule has 0 unspecified atom stereocenters. The zero-order valence-electron chi connectivity index (χ0n) is 10.1. The van der Waals surface area contributed by atoms with Crippen LogP contribution in [0.2, 0.25) is 0 Å². The molecule has 2 rings (SSSR count). The van der Waals surface area contributed by atoms with Crippen molar-refractivity contribution in [1.29, 1.82) is 0 Å². The van der Waals surface area contributed by atoms with Gasteiger partial charge in [-0.3, -0.25) is 0 Å². The highest BCUT2D eigenvalue weighted by atomic mass is 16.6. The van der Waals surface area contributed by atoms with Crippen LogP contribution in [0.5, 0.6) is 0 Å². The fourth-order valence-corrected chi connectivity index (χ4v) is 2.28. The highest BCUT2D eigenvalue weighted by molar-refractivity contribution is 6.01. The molecule has 1 aromatic carbocycles. The van der Waals surface area contributed by atoms with Gasteiger partial charge in [0.05, 0.1) is 5.71 Å². The van der Waals surface area contributed by atoms with Crippen LogP contribution < -0.4 is 0 Å². The van der Waals surface area contributed by atoms with Gasteiger partial charge in [0.25, 0.3) is 0 Å². The van der Waals surface area contributed by atoms with E-state index in [2.05, 4.69) is 30.3 Å². The van der Waals surface area contributed by atoms with E-state index in [9.17, 15) is 0 Å². The third-order valence-electron chi connectivity index (χ3n) is 3.20. The molecule has 86 valence electrons. The predicted molar refractivity (Wildman–Crippen MR) is 66.9 cm³/mol. The first-order chi connectivity index (χ1) is 7.85. The first kappa shape index (κ1) is 11.2. The number of hydrogen-bond donors (Lipinski definition) is 0. The summed E-state index contributed by atoms with van der Waals surface area (Å²) in [5, 5.41) is 4.18. The molecule has 1 aromatic rings. The van der Waals surface area contributed by atoms with Crippen LogP contribution in [0.25, 0.3) is 0 Å². The Bertz CT molecular complexity index is 396. The van der Waals surface area contributed by atoms with Crippen LogP contribution in [0.1, 0.15) is 42.9 Å². The minimum Gasteiger partial charge on any atom is -0.399 e. The molecule has 0 aliphatic heterocycles. The van der Waals surface area contributed by atoms with Gasteiger partial charge >= 0.3 is 0 Å². The summed E-state index contributed by atoms with van der Waals surface area (Å²) in [5.41, 5.74) is 5.22. The molecule has 0 heterocycles. The standard InChI is InChI=1S/C14H19NO/c1-3-11-8-9-12-6-4-5-7-14(15-16-2)13(12)10-11/h8-10H,3-7H2,1-2H3. The van der Waals surface area contributed by atoms with Crippen molar-refractivity contribution in [2.45, 2.75) is 39.0 Å². The molecule has 0 amide bonds. The Morgan fingerprint density at radius 3 is 2.81 bits per heavy atom. The molecule has 0 spiro atoms. The largest absolute Gasteiger partial charge is 0.399 e. The summed E-state index contributed by atoms with van der Waals surface area (Å²) < 4.78 is 0. The molecule has 0 saturated carbocycles. The summed E-state index contributed by atoms with van der Waals surface area (Å²) in [6.07, 6.45) is 5.74. The van der Waals surface area contributed by atoms with Crippen LogP contribution >= 0.6 is 0 Å². The highest BCUT2D eigenvalue weighted by Crippen LogP contribution is 2.22. The van der Waals surface area contributed by atoms with Crippen LogP contribution in [0.4, 0.5) is 0 Å². The van der Waals surface area contributed by atoms with E-state index in [0.717, 1.165) is 18.6 Å². The van der Waals surface area contributed by atoms with Crippen molar-refractivity contribution in [3.63, 3.8) is 0 Å². The van der Waals surface area contributed by atoms with Crippen molar-refractivity contribution in [3.05, 3.63) is 34.9 Å². The zero-order valence-corrected chi connectivity index (χ0v) is 10.1. The van der Waals surface area contributed by atoms with Crippen molar-refractivity contribution < 1.29 is 4.84 Å². The minimum atomic E-state index is 1.04. The summed E-state index contributed by atoms with van der Waals surface area (Å²) in [6, 6.07) is 6.76. The molecular weight excluding hydrogens is 198 g/mol. The van der Waals surface area contributed by atoms with Gasteiger partial charge in [0.15, 0.2) is 0 Å². The van der Waals surface area contributed by atoms with E-state index in [-0.39, 0.29) is 0 Å². The number of aryl methyl sites for hydroxylation is 2. The van der Waals surface area contributed by atoms with E-state index in [1.807, 2.05) is 0 Å². The van der Waals surface area contributed by atoms with Gasteiger partial charge in [-0.2, -0.15) is 0 Å². The van der Waals surface area contributed by atoms with Crippen LogP contribution in [0.3, 0.4) is 0 Å². The fourth-order valence-electron chi connectivity index (χ4n) is 2.28. The molecule has 0 aromatic heterocycles. The predicted octanol–water partition coefficient (Wildman–Crippen LogP) is 3.33. The van der Waals surface area contributed by atoms with Crippen molar-refractivity contribution in [3.8, 4) is 0 Å². The van der Waals surface area contributed by atoms with E-state index in [0.29, 0.717) is 0 Å². The monoisotopic (exact) mass is 217 g/mol. The fraction of sp³-hybridized carbons (Fsp3) is 0.500. The molecule has 0 atom stereocenters. The highest BCUT2D eigenvalue weighted by Gasteiger charge is 2.14. The molecule has 0 N–H and O–H groups in total. The lowest BCUT2D eigenvalue weighted by Crippen LogP contribution is -2.03. The summed E-state index contributed by atoms with van der Waals surface area (Å²) in [7, 11) is 1.63. The lowest BCUT2D eigenvalue weighted by molar-refractivity contribution is 0.213. The maximum absolute atomic E-state index is 4.96. The average molecular weight is 217 g/mol. The molecule has 1 aliphatic rings. The van der Waals surface area contributed by atoms with E-state index in [1.165, 1.54) is 36.0 Å². The third-order valence-corrected chi connectivity index (χ3v) is 3.20. The Balaban J connectivity index is 2.45. The Morgan fingerprint density at radius 1 is 1.25 bits per heavy atom. The smallest absolute Gasteiger partial charge is 0.106 e. The average Bonchev–Trinajstić information content (AvgIpc) is 2.52. The molecule has 0 radical (unpaired) electrons. The summed E-state index contributed by atoms with van der Waals surface area (Å²) >= 11 is 0. The molecule has 0 fully saturated rings. The zero-order chi connectivity index (χ0) is 11.4. The van der Waals surface area contributed by atoms with Crippen molar-refractivity contribution >= 4 is 5.71 Å². The number of benzene rings is 1. The topological polar surface area (TPSA) is 21.6 Å². The van der Waals surface area contributed by atoms with Crippen LogP contribution in [-0.2, 0) is 17.7 Å². The van der Waals surface area contributed by atoms with E-state index >= 15 is 0 Å². The number of hydrogen-bond acceptors (Lipinski definition) is 2. The normalized spacial score (nSPS) is 18.0. The lowest BCUT2D eigenvalue weighted by Gasteiger charge is -2.09. The molecule has 0 bridgehead atoms. The van der Waals surface area contributed by atoms with Crippen molar-refractivity contribution in [1.82, 2.24) is 0 Å². The first-order valence-electron chi connectivity index (χ1n) is 6.07. The van der Waals surface area contributed by atoms with Crippen LogP contribution in [-0.4, -0.2) is 12.8 Å². The second kappa shape index (κ2) is 5.15. The maximum atomic E-state index is 4.96. The molecule has 2 nitrogen and oxygen atoms in total. The van der Waals surface area contributed by atoms with E-state index < -0.39 is 0 Å². The van der Waals surface area contributed by atoms with Gasteiger partial charge in [-0.25, -0.2) is 0 Å². The number of rotatable bonds is 2. The third kappa shape index (κ3) is 2.26. The Kier molecular flexibility index (Phi) is 3.60. The quantitative estimate of drug-likeness (QED) is 0.550. The maximum Gasteiger partial charge on any atom is 0.106 e. The van der Waals surface area contributed by atoms with Gasteiger partial charge in [0.2, 0.25) is 0 Å². The number of oxime groups is 1. The van der Waals surface area contributed by atoms with Crippen molar-refractivity contribution in [2.24, 2.45) is 5.16 Å². The summed E-state index contributed by atoms with van der Waals surface area (Å²) in [4.78, 5) is 4.96. The summed E-state index contributed by atoms with van der Waals surface area (Å²) in [6.45, 7) is 2.19.